The van der Waals surface area contributed by atoms with Gasteiger partial charge in [0.25, 0.3) is 11.5 Å². The van der Waals surface area contributed by atoms with Crippen LogP contribution in [0.2, 0.25) is 0 Å². The normalized spacial score (nSPS) is 26.3. The molecule has 2 N–H and O–H groups in total. The van der Waals surface area contributed by atoms with Gasteiger partial charge < -0.3 is 33.5 Å². The van der Waals surface area contributed by atoms with Crippen LogP contribution in [0.15, 0.2) is 41.0 Å². The molecule has 1 unspecified atom stereocenters. The fourth-order valence-corrected chi connectivity index (χ4v) is 5.49. The molecular formula is C26H31N2O6+. The van der Waals surface area contributed by atoms with Gasteiger partial charge in [0.05, 0.1) is 45.1 Å². The van der Waals surface area contributed by atoms with E-state index in [0.717, 1.165) is 67.2 Å². The van der Waals surface area contributed by atoms with Crippen molar-refractivity contribution < 1.29 is 33.0 Å². The van der Waals surface area contributed by atoms with Crippen LogP contribution < -0.4 is 19.5 Å². The minimum Gasteiger partial charge on any atom is -0.493 e. The van der Waals surface area contributed by atoms with E-state index in [1.807, 2.05) is 18.2 Å². The summed E-state index contributed by atoms with van der Waals surface area (Å²) in [7, 11) is 0. The van der Waals surface area contributed by atoms with Crippen LogP contribution in [0.5, 0.6) is 17.2 Å². The fraction of sp³-hybridized carbons (Fsp3) is 0.500. The molecule has 180 valence electrons. The van der Waals surface area contributed by atoms with Crippen molar-refractivity contribution in [2.75, 3.05) is 39.6 Å². The zero-order valence-electron chi connectivity index (χ0n) is 19.4. The Morgan fingerprint density at radius 3 is 2.85 bits per heavy atom. The highest BCUT2D eigenvalue weighted by molar-refractivity contribution is 5.89. The van der Waals surface area contributed by atoms with Crippen LogP contribution in [0.25, 0.3) is 0 Å². The fourth-order valence-electron chi connectivity index (χ4n) is 5.49. The monoisotopic (exact) mass is 467 g/mol. The number of ether oxygens (including phenoxy) is 3. The number of carbonyl (C=O) groups excluding carboxylic acids is 1. The Labute approximate surface area is 199 Å². The summed E-state index contributed by atoms with van der Waals surface area (Å²) >= 11 is 0. The van der Waals surface area contributed by atoms with Gasteiger partial charge >= 0.3 is 0 Å². The molecular weight excluding hydrogens is 436 g/mol. The van der Waals surface area contributed by atoms with E-state index in [4.69, 9.17) is 18.6 Å². The number of quaternary nitrogens is 1. The molecule has 0 saturated carbocycles. The zero-order valence-corrected chi connectivity index (χ0v) is 19.4. The van der Waals surface area contributed by atoms with Gasteiger partial charge in [0.15, 0.2) is 17.3 Å². The van der Waals surface area contributed by atoms with Gasteiger partial charge in [-0.3, -0.25) is 4.79 Å². The maximum Gasteiger partial charge on any atom is 0.273 e. The Hall–Kier alpha value is -3.15. The standard InChI is InChI=1S/C26H30N2O6/c1-2-10-26(30,24-5-3-14-32-24)25(29)27-21-17-28(12-8-19(21)9-13-28)11-4-15-31-20-6-7-22-23(16-20)34-18-33-22/h3,5-7,14,16,19,21,30H,4,8-9,11-13,15,17-18H2,1H3/p+1/t19?,21-,26?,28?/m0/s1. The number of hydrogen-bond acceptors (Lipinski definition) is 6. The number of benzene rings is 1. The van der Waals surface area contributed by atoms with E-state index in [2.05, 4.69) is 17.2 Å². The maximum absolute atomic E-state index is 13.1. The summed E-state index contributed by atoms with van der Waals surface area (Å²) < 4.78 is 23.0. The van der Waals surface area contributed by atoms with Crippen LogP contribution in [-0.4, -0.2) is 61.1 Å². The summed E-state index contributed by atoms with van der Waals surface area (Å²) in [6.45, 7) is 6.53. The molecule has 1 aromatic heterocycles. The van der Waals surface area contributed by atoms with Crippen molar-refractivity contribution >= 4 is 5.91 Å². The largest absolute Gasteiger partial charge is 0.493 e. The number of piperidine rings is 3. The van der Waals surface area contributed by atoms with E-state index in [-0.39, 0.29) is 18.6 Å². The summed E-state index contributed by atoms with van der Waals surface area (Å²) in [4.78, 5) is 13.1. The van der Waals surface area contributed by atoms with Crippen LogP contribution in [0.1, 0.15) is 31.9 Å². The number of aliphatic hydroxyl groups is 1. The third-order valence-corrected chi connectivity index (χ3v) is 7.32. The highest BCUT2D eigenvalue weighted by Gasteiger charge is 2.48. The van der Waals surface area contributed by atoms with Gasteiger partial charge in [0, 0.05) is 25.3 Å². The molecule has 2 aromatic rings. The van der Waals surface area contributed by atoms with Crippen molar-refractivity contribution in [1.29, 1.82) is 0 Å². The average Bonchev–Trinajstić information content (AvgIpc) is 3.55. The van der Waals surface area contributed by atoms with E-state index in [1.54, 1.807) is 19.1 Å². The number of nitrogens with one attached hydrogen (secondary N) is 1. The number of fused-ring (bicyclic) bond motifs is 4. The molecule has 3 saturated heterocycles. The molecule has 8 heteroatoms. The highest BCUT2D eigenvalue weighted by Crippen LogP contribution is 2.36. The van der Waals surface area contributed by atoms with Crippen LogP contribution >= 0.6 is 0 Å². The summed E-state index contributed by atoms with van der Waals surface area (Å²) in [6, 6.07) is 8.86. The molecule has 2 bridgehead atoms. The molecule has 0 radical (unpaired) electrons. The molecule has 1 aromatic carbocycles. The lowest BCUT2D eigenvalue weighted by atomic mass is 9.81. The molecule has 4 aliphatic heterocycles. The van der Waals surface area contributed by atoms with Crippen molar-refractivity contribution in [2.24, 2.45) is 5.92 Å². The van der Waals surface area contributed by atoms with Crippen LogP contribution in [-0.2, 0) is 10.4 Å². The predicted octanol–water partition coefficient (Wildman–Crippen LogP) is 2.41. The minimum absolute atomic E-state index is 0.00456. The first-order valence-corrected chi connectivity index (χ1v) is 11.9. The predicted molar refractivity (Wildman–Crippen MR) is 123 cm³/mol. The van der Waals surface area contributed by atoms with E-state index < -0.39 is 11.5 Å². The van der Waals surface area contributed by atoms with Crippen molar-refractivity contribution in [3.05, 3.63) is 42.4 Å². The number of carbonyl (C=O) groups is 1. The molecule has 0 spiro atoms. The lowest BCUT2D eigenvalue weighted by Crippen LogP contribution is -2.68. The third-order valence-electron chi connectivity index (χ3n) is 7.32. The second kappa shape index (κ2) is 9.24. The molecule has 5 heterocycles. The Bertz CT molecular complexity index is 1080. The Balaban J connectivity index is 1.17. The average molecular weight is 468 g/mol. The second-order valence-corrected chi connectivity index (χ2v) is 9.39. The van der Waals surface area contributed by atoms with Gasteiger partial charge in [-0.05, 0) is 37.1 Å². The molecule has 0 aliphatic carbocycles. The van der Waals surface area contributed by atoms with E-state index >= 15 is 0 Å². The van der Waals surface area contributed by atoms with E-state index in [0.29, 0.717) is 12.5 Å². The summed E-state index contributed by atoms with van der Waals surface area (Å²) in [5, 5.41) is 14.1. The second-order valence-electron chi connectivity index (χ2n) is 9.39. The van der Waals surface area contributed by atoms with Crippen molar-refractivity contribution in [1.82, 2.24) is 5.32 Å². The molecule has 4 aliphatic rings. The van der Waals surface area contributed by atoms with Crippen LogP contribution in [0.3, 0.4) is 0 Å². The zero-order chi connectivity index (χ0) is 23.6. The quantitative estimate of drug-likeness (QED) is 0.352. The van der Waals surface area contributed by atoms with E-state index in [9.17, 15) is 9.90 Å². The van der Waals surface area contributed by atoms with Crippen molar-refractivity contribution in [2.45, 2.75) is 37.8 Å². The number of hydrogen-bond donors (Lipinski definition) is 2. The molecule has 2 atom stereocenters. The first kappa shape index (κ1) is 22.6. The number of amides is 1. The Morgan fingerprint density at radius 1 is 1.26 bits per heavy atom. The number of nitrogens with zero attached hydrogens (tertiary/aromatic N) is 1. The van der Waals surface area contributed by atoms with E-state index in [1.165, 1.54) is 6.26 Å². The third kappa shape index (κ3) is 4.33. The minimum atomic E-state index is -1.98. The first-order chi connectivity index (χ1) is 16.5. The van der Waals surface area contributed by atoms with Gasteiger partial charge in [0.2, 0.25) is 6.79 Å². The van der Waals surface area contributed by atoms with Crippen LogP contribution in [0, 0.1) is 17.8 Å². The number of rotatable bonds is 8. The first-order valence-electron chi connectivity index (χ1n) is 11.9. The smallest absolute Gasteiger partial charge is 0.273 e. The molecule has 6 rings (SSSR count). The van der Waals surface area contributed by atoms with Gasteiger partial charge in [-0.1, -0.05) is 5.92 Å². The molecule has 3 fully saturated rings. The van der Waals surface area contributed by atoms with Gasteiger partial charge in [-0.15, -0.1) is 5.92 Å². The highest BCUT2D eigenvalue weighted by atomic mass is 16.7. The summed E-state index contributed by atoms with van der Waals surface area (Å²) in [5.41, 5.74) is -1.98. The summed E-state index contributed by atoms with van der Waals surface area (Å²) in [5.74, 6) is 7.60. The van der Waals surface area contributed by atoms with Gasteiger partial charge in [0.1, 0.15) is 5.75 Å². The van der Waals surface area contributed by atoms with Crippen molar-refractivity contribution in [3.8, 4) is 29.1 Å². The Kier molecular flexibility index (Phi) is 6.15. The Morgan fingerprint density at radius 2 is 2.09 bits per heavy atom. The number of furan rings is 1. The molecule has 8 nitrogen and oxygen atoms in total. The SMILES string of the molecule is CC#CC(O)(C(=O)N[C@H]1C[N+]2(CCCOc3ccc4c(c3)OCO4)CCC1CC2)c1ccco1. The molecule has 34 heavy (non-hydrogen) atoms. The topological polar surface area (TPSA) is 90.2 Å². The van der Waals surface area contributed by atoms with Gasteiger partial charge in [-0.25, -0.2) is 0 Å². The lowest BCUT2D eigenvalue weighted by Gasteiger charge is -2.53. The van der Waals surface area contributed by atoms with Crippen molar-refractivity contribution in [3.63, 3.8) is 0 Å². The lowest BCUT2D eigenvalue weighted by molar-refractivity contribution is -0.944. The summed E-state index contributed by atoms with van der Waals surface area (Å²) in [6.07, 6.45) is 4.47. The molecule has 1 amide bonds. The maximum atomic E-state index is 13.1. The van der Waals surface area contributed by atoms with Gasteiger partial charge in [-0.2, -0.15) is 0 Å². The van der Waals surface area contributed by atoms with Crippen LogP contribution in [0.4, 0.5) is 0 Å².